The fourth-order valence-electron chi connectivity index (χ4n) is 2.29. The Morgan fingerprint density at radius 1 is 1.24 bits per heavy atom. The predicted octanol–water partition coefficient (Wildman–Crippen LogP) is 3.37. The summed E-state index contributed by atoms with van der Waals surface area (Å²) in [5.41, 5.74) is 1.69. The molecule has 0 fully saturated rings. The van der Waals surface area contributed by atoms with E-state index in [1.807, 2.05) is 27.7 Å². The Morgan fingerprint density at radius 3 is 2.14 bits per heavy atom. The number of nitrogens with two attached hydrogens (primary N) is 1. The van der Waals surface area contributed by atoms with Crippen molar-refractivity contribution in [3.63, 3.8) is 0 Å². The summed E-state index contributed by atoms with van der Waals surface area (Å²) in [5.74, 6) is 0.567. The molecule has 0 aliphatic carbocycles. The molecule has 0 atom stereocenters. The first-order valence-electron chi connectivity index (χ1n) is 6.85. The molecule has 0 aliphatic heterocycles. The fourth-order valence-corrected chi connectivity index (χ4v) is 3.73. The third-order valence-electron chi connectivity index (χ3n) is 3.06. The lowest BCUT2D eigenvalue weighted by Crippen LogP contribution is -2.18. The van der Waals surface area contributed by atoms with Crippen molar-refractivity contribution in [2.45, 2.75) is 45.4 Å². The number of nitriles is 1. The Bertz CT molecular complexity index is 674. The Kier molecular flexibility index (Phi) is 5.97. The van der Waals surface area contributed by atoms with Crippen LogP contribution in [0.25, 0.3) is 0 Å². The second kappa shape index (κ2) is 6.91. The zero-order chi connectivity index (χ0) is 16.4. The number of rotatable bonds is 5. The highest BCUT2D eigenvalue weighted by Gasteiger charge is 2.23. The number of halogens is 1. The summed E-state index contributed by atoms with van der Waals surface area (Å²) < 4.78 is 24.5. The Balaban J connectivity index is 3.70. The zero-order valence-electron chi connectivity index (χ0n) is 12.8. The van der Waals surface area contributed by atoms with E-state index >= 15 is 0 Å². The van der Waals surface area contributed by atoms with Gasteiger partial charge in [-0.3, -0.25) is 0 Å². The highest BCUT2D eigenvalue weighted by atomic mass is 79.9. The minimum atomic E-state index is -3.86. The maximum absolute atomic E-state index is 11.9. The van der Waals surface area contributed by atoms with Crippen LogP contribution in [0.4, 0.5) is 0 Å². The van der Waals surface area contributed by atoms with Crippen LogP contribution in [-0.4, -0.2) is 8.42 Å². The molecule has 0 aromatic heterocycles. The molecule has 0 aliphatic rings. The van der Waals surface area contributed by atoms with Crippen molar-refractivity contribution in [2.75, 3.05) is 0 Å². The standard InChI is InChI=1S/C15H21BrN2O2S/c1-9(2)5-11-7-14(21(18,19)20)12(6-10(3)4)13(8-17)15(11)16/h7,9-10H,5-6H2,1-4H3,(H2,18,19,20). The van der Waals surface area contributed by atoms with Gasteiger partial charge in [-0.2, -0.15) is 5.26 Å². The summed E-state index contributed by atoms with van der Waals surface area (Å²) in [4.78, 5) is 0.0756. The van der Waals surface area contributed by atoms with Crippen molar-refractivity contribution in [1.29, 1.82) is 5.26 Å². The third kappa shape index (κ3) is 4.53. The molecule has 0 saturated heterocycles. The molecule has 0 bridgehead atoms. The van der Waals surface area contributed by atoms with Crippen LogP contribution in [0.3, 0.4) is 0 Å². The first-order chi connectivity index (χ1) is 9.57. The van der Waals surface area contributed by atoms with Gasteiger partial charge in [0.2, 0.25) is 10.0 Å². The van der Waals surface area contributed by atoms with E-state index in [0.29, 0.717) is 34.4 Å². The average molecular weight is 373 g/mol. The number of primary sulfonamides is 1. The highest BCUT2D eigenvalue weighted by molar-refractivity contribution is 9.10. The number of sulfonamides is 1. The second-order valence-electron chi connectivity index (χ2n) is 6.05. The molecule has 21 heavy (non-hydrogen) atoms. The van der Waals surface area contributed by atoms with Gasteiger partial charge in [0.05, 0.1) is 10.5 Å². The van der Waals surface area contributed by atoms with Crippen LogP contribution in [0.2, 0.25) is 0 Å². The van der Waals surface area contributed by atoms with Gasteiger partial charge in [-0.15, -0.1) is 0 Å². The second-order valence-corrected chi connectivity index (χ2v) is 8.38. The molecule has 116 valence electrons. The van der Waals surface area contributed by atoms with E-state index in [4.69, 9.17) is 5.14 Å². The summed E-state index contributed by atoms with van der Waals surface area (Å²) in [6, 6.07) is 3.74. The van der Waals surface area contributed by atoms with E-state index in [1.54, 1.807) is 6.07 Å². The SMILES string of the molecule is CC(C)Cc1cc(S(N)(=O)=O)c(CC(C)C)c(C#N)c1Br. The van der Waals surface area contributed by atoms with E-state index in [9.17, 15) is 13.7 Å². The molecule has 1 rings (SSSR count). The van der Waals surface area contributed by atoms with Crippen LogP contribution in [0.5, 0.6) is 0 Å². The average Bonchev–Trinajstić information content (AvgIpc) is 2.30. The quantitative estimate of drug-likeness (QED) is 0.859. The summed E-state index contributed by atoms with van der Waals surface area (Å²) in [5, 5.41) is 14.8. The molecule has 0 unspecified atom stereocenters. The molecule has 0 radical (unpaired) electrons. The Hall–Kier alpha value is -0.900. The number of hydrogen-bond acceptors (Lipinski definition) is 3. The molecular formula is C15H21BrN2O2S. The molecule has 6 heteroatoms. The van der Waals surface area contributed by atoms with Gasteiger partial charge in [-0.05, 0) is 57.8 Å². The van der Waals surface area contributed by atoms with E-state index in [-0.39, 0.29) is 10.8 Å². The predicted molar refractivity (Wildman–Crippen MR) is 87.3 cm³/mol. The van der Waals surface area contributed by atoms with Gasteiger partial charge in [0, 0.05) is 4.47 Å². The molecule has 1 aromatic rings. The monoisotopic (exact) mass is 372 g/mol. The van der Waals surface area contributed by atoms with Crippen LogP contribution in [0, 0.1) is 23.2 Å². The smallest absolute Gasteiger partial charge is 0.225 e. The van der Waals surface area contributed by atoms with Gasteiger partial charge in [0.15, 0.2) is 0 Å². The maximum atomic E-state index is 11.9. The minimum absolute atomic E-state index is 0.0756. The first kappa shape index (κ1) is 18.1. The lowest BCUT2D eigenvalue weighted by atomic mass is 9.94. The first-order valence-corrected chi connectivity index (χ1v) is 9.19. The third-order valence-corrected chi connectivity index (χ3v) is 4.95. The van der Waals surface area contributed by atoms with Gasteiger partial charge in [-0.1, -0.05) is 27.7 Å². The largest absolute Gasteiger partial charge is 0.238 e. The van der Waals surface area contributed by atoms with Crippen LogP contribution >= 0.6 is 15.9 Å². The normalized spacial score (nSPS) is 12.0. The number of nitrogens with zero attached hydrogens (tertiary/aromatic N) is 1. The lowest BCUT2D eigenvalue weighted by molar-refractivity contribution is 0.590. The van der Waals surface area contributed by atoms with Crippen molar-refractivity contribution in [3.05, 3.63) is 27.2 Å². The van der Waals surface area contributed by atoms with Crippen LogP contribution in [0.15, 0.2) is 15.4 Å². The summed E-state index contributed by atoms with van der Waals surface area (Å²) >= 11 is 3.45. The van der Waals surface area contributed by atoms with Crippen LogP contribution in [0.1, 0.15) is 44.4 Å². The topological polar surface area (TPSA) is 84.0 Å². The van der Waals surface area contributed by atoms with Crippen LogP contribution < -0.4 is 5.14 Å². The van der Waals surface area contributed by atoms with Crippen molar-refractivity contribution in [1.82, 2.24) is 0 Å². The molecular weight excluding hydrogens is 352 g/mol. The maximum Gasteiger partial charge on any atom is 0.238 e. The minimum Gasteiger partial charge on any atom is -0.225 e. The molecule has 0 spiro atoms. The summed E-state index contributed by atoms with van der Waals surface area (Å²) in [6.07, 6.45) is 1.18. The molecule has 4 nitrogen and oxygen atoms in total. The van der Waals surface area contributed by atoms with Gasteiger partial charge in [-0.25, -0.2) is 13.6 Å². The van der Waals surface area contributed by atoms with Gasteiger partial charge >= 0.3 is 0 Å². The van der Waals surface area contributed by atoms with Gasteiger partial charge in [0.25, 0.3) is 0 Å². The molecule has 0 amide bonds. The Labute approximate surface area is 135 Å². The Morgan fingerprint density at radius 2 is 1.76 bits per heavy atom. The zero-order valence-corrected chi connectivity index (χ0v) is 15.2. The number of benzene rings is 1. The molecule has 1 aromatic carbocycles. The van der Waals surface area contributed by atoms with Gasteiger partial charge in [0.1, 0.15) is 6.07 Å². The van der Waals surface area contributed by atoms with E-state index in [1.165, 1.54) is 0 Å². The summed E-state index contributed by atoms with van der Waals surface area (Å²) in [6.45, 7) is 8.03. The van der Waals surface area contributed by atoms with Crippen molar-refractivity contribution >= 4 is 26.0 Å². The van der Waals surface area contributed by atoms with Crippen molar-refractivity contribution < 1.29 is 8.42 Å². The molecule has 0 saturated carbocycles. The van der Waals surface area contributed by atoms with Crippen molar-refractivity contribution in [2.24, 2.45) is 17.0 Å². The van der Waals surface area contributed by atoms with E-state index in [0.717, 1.165) is 5.56 Å². The van der Waals surface area contributed by atoms with Crippen LogP contribution in [-0.2, 0) is 22.9 Å². The highest BCUT2D eigenvalue weighted by Crippen LogP contribution is 2.33. The van der Waals surface area contributed by atoms with E-state index < -0.39 is 10.0 Å². The number of hydrogen-bond donors (Lipinski definition) is 1. The van der Waals surface area contributed by atoms with Crippen molar-refractivity contribution in [3.8, 4) is 6.07 Å². The fraction of sp³-hybridized carbons (Fsp3) is 0.533. The van der Waals surface area contributed by atoms with E-state index in [2.05, 4.69) is 22.0 Å². The van der Waals surface area contributed by atoms with Gasteiger partial charge < -0.3 is 0 Å². The molecule has 0 heterocycles. The summed E-state index contributed by atoms with van der Waals surface area (Å²) in [7, 11) is -3.86. The lowest BCUT2D eigenvalue weighted by Gasteiger charge is -2.17. The molecule has 2 N–H and O–H groups in total.